The first-order chi connectivity index (χ1) is 7.80. The van der Waals surface area contributed by atoms with Crippen molar-refractivity contribution in [3.8, 4) is 0 Å². The summed E-state index contributed by atoms with van der Waals surface area (Å²) < 4.78 is 6.33. The number of furan rings is 1. The number of fused-ring (bicyclic) bond motifs is 1. The third kappa shape index (κ3) is 2.09. The van der Waals surface area contributed by atoms with E-state index in [-0.39, 0.29) is 11.2 Å². The predicted molar refractivity (Wildman–Crippen MR) is 69.6 cm³/mol. The Hall–Kier alpha value is -1.29. The smallest absolute Gasteiger partial charge is 0.372 e. The van der Waals surface area contributed by atoms with Gasteiger partial charge in [0.25, 0.3) is 0 Å². The van der Waals surface area contributed by atoms with Gasteiger partial charge in [-0.25, -0.2) is 4.79 Å². The molecule has 0 radical (unpaired) electrons. The van der Waals surface area contributed by atoms with Crippen LogP contribution in [-0.4, -0.2) is 11.1 Å². The molecule has 17 heavy (non-hydrogen) atoms. The standard InChI is InChI=1S/C13H13BrO3/c1-13(2,3)10-8-6-7(14)4-5-9(8)17-11(10)12(15)16/h4-6H,1-3H3,(H,15,16). The van der Waals surface area contributed by atoms with Gasteiger partial charge in [-0.1, -0.05) is 36.7 Å². The van der Waals surface area contributed by atoms with Crippen LogP contribution in [0.3, 0.4) is 0 Å². The van der Waals surface area contributed by atoms with Gasteiger partial charge in [0.1, 0.15) is 5.58 Å². The number of benzene rings is 1. The number of rotatable bonds is 1. The van der Waals surface area contributed by atoms with Crippen molar-refractivity contribution in [3.05, 3.63) is 34.0 Å². The first-order valence-electron chi connectivity index (χ1n) is 5.26. The highest BCUT2D eigenvalue weighted by Crippen LogP contribution is 2.36. The van der Waals surface area contributed by atoms with Crippen LogP contribution in [0.2, 0.25) is 0 Å². The van der Waals surface area contributed by atoms with E-state index >= 15 is 0 Å². The minimum Gasteiger partial charge on any atom is -0.475 e. The fourth-order valence-electron chi connectivity index (χ4n) is 1.97. The molecule has 90 valence electrons. The van der Waals surface area contributed by atoms with Crippen molar-refractivity contribution >= 4 is 32.9 Å². The van der Waals surface area contributed by atoms with Crippen LogP contribution in [0.5, 0.6) is 0 Å². The van der Waals surface area contributed by atoms with Crippen LogP contribution in [0.15, 0.2) is 27.1 Å². The van der Waals surface area contributed by atoms with Crippen molar-refractivity contribution in [2.75, 3.05) is 0 Å². The normalized spacial score (nSPS) is 12.0. The minimum atomic E-state index is -1.03. The van der Waals surface area contributed by atoms with E-state index in [4.69, 9.17) is 4.42 Å². The predicted octanol–water partition coefficient (Wildman–Crippen LogP) is 4.19. The van der Waals surface area contributed by atoms with Crippen LogP contribution in [0.1, 0.15) is 36.9 Å². The molecule has 0 aliphatic carbocycles. The number of halogens is 1. The molecule has 1 aromatic carbocycles. The Bertz CT molecular complexity index is 590. The molecular weight excluding hydrogens is 284 g/mol. The number of carboxylic acid groups (broad SMARTS) is 1. The molecule has 2 rings (SSSR count). The third-order valence-corrected chi connectivity index (χ3v) is 3.09. The van der Waals surface area contributed by atoms with Gasteiger partial charge in [0.15, 0.2) is 0 Å². The van der Waals surface area contributed by atoms with Gasteiger partial charge < -0.3 is 9.52 Å². The minimum absolute atomic E-state index is 0.0330. The average Bonchev–Trinajstić information content (AvgIpc) is 2.55. The van der Waals surface area contributed by atoms with E-state index in [1.54, 1.807) is 6.07 Å². The van der Waals surface area contributed by atoms with E-state index in [9.17, 15) is 9.90 Å². The Morgan fingerprint density at radius 2 is 2.00 bits per heavy atom. The zero-order valence-electron chi connectivity index (χ0n) is 9.87. The van der Waals surface area contributed by atoms with Crippen molar-refractivity contribution in [1.82, 2.24) is 0 Å². The van der Waals surface area contributed by atoms with Crippen LogP contribution in [-0.2, 0) is 5.41 Å². The molecule has 0 aliphatic heterocycles. The lowest BCUT2D eigenvalue weighted by atomic mass is 9.85. The van der Waals surface area contributed by atoms with E-state index in [2.05, 4.69) is 15.9 Å². The number of carbonyl (C=O) groups is 1. The third-order valence-electron chi connectivity index (χ3n) is 2.59. The molecular formula is C13H13BrO3. The molecule has 0 atom stereocenters. The molecule has 0 unspecified atom stereocenters. The summed E-state index contributed by atoms with van der Waals surface area (Å²) in [5.41, 5.74) is 1.07. The maximum absolute atomic E-state index is 11.2. The summed E-state index contributed by atoms with van der Waals surface area (Å²) in [4.78, 5) is 11.2. The molecule has 4 heteroatoms. The van der Waals surface area contributed by atoms with Gasteiger partial charge in [-0.15, -0.1) is 0 Å². The Morgan fingerprint density at radius 3 is 2.53 bits per heavy atom. The monoisotopic (exact) mass is 296 g/mol. The Labute approximate surface area is 108 Å². The second-order valence-corrected chi connectivity index (χ2v) is 5.92. The summed E-state index contributed by atoms with van der Waals surface area (Å²) in [6, 6.07) is 5.51. The highest BCUT2D eigenvalue weighted by atomic mass is 79.9. The van der Waals surface area contributed by atoms with Crippen LogP contribution in [0.25, 0.3) is 11.0 Å². The lowest BCUT2D eigenvalue weighted by Gasteiger charge is -2.17. The SMILES string of the molecule is CC(C)(C)c1c(C(=O)O)oc2ccc(Br)cc12. The van der Waals surface area contributed by atoms with Crippen molar-refractivity contribution in [2.45, 2.75) is 26.2 Å². The summed E-state index contributed by atoms with van der Waals surface area (Å²) in [6.45, 7) is 5.93. The van der Waals surface area contributed by atoms with Crippen molar-refractivity contribution < 1.29 is 14.3 Å². The first kappa shape index (κ1) is 12.2. The van der Waals surface area contributed by atoms with Crippen LogP contribution < -0.4 is 0 Å². The molecule has 0 saturated heterocycles. The molecule has 0 aliphatic rings. The van der Waals surface area contributed by atoms with Gasteiger partial charge in [-0.2, -0.15) is 0 Å². The van der Waals surface area contributed by atoms with E-state index in [0.717, 1.165) is 15.4 Å². The zero-order valence-corrected chi connectivity index (χ0v) is 11.5. The quantitative estimate of drug-likeness (QED) is 0.858. The molecule has 1 heterocycles. The summed E-state index contributed by atoms with van der Waals surface area (Å²) >= 11 is 3.39. The van der Waals surface area contributed by atoms with E-state index in [1.165, 1.54) is 0 Å². The highest BCUT2D eigenvalue weighted by molar-refractivity contribution is 9.10. The summed E-state index contributed by atoms with van der Waals surface area (Å²) in [5, 5.41) is 10.0. The Kier molecular flexibility index (Phi) is 2.78. The number of hydrogen-bond donors (Lipinski definition) is 1. The van der Waals surface area contributed by atoms with Crippen molar-refractivity contribution in [2.24, 2.45) is 0 Å². The van der Waals surface area contributed by atoms with Gasteiger partial charge in [0.2, 0.25) is 5.76 Å². The fraction of sp³-hybridized carbons (Fsp3) is 0.308. The topological polar surface area (TPSA) is 50.4 Å². The van der Waals surface area contributed by atoms with Gasteiger partial charge >= 0.3 is 5.97 Å². The van der Waals surface area contributed by atoms with Gasteiger partial charge in [0.05, 0.1) is 0 Å². The van der Waals surface area contributed by atoms with E-state index < -0.39 is 5.97 Å². The lowest BCUT2D eigenvalue weighted by Crippen LogP contribution is -2.15. The largest absolute Gasteiger partial charge is 0.475 e. The Morgan fingerprint density at radius 1 is 1.35 bits per heavy atom. The summed E-state index contributed by atoms with van der Waals surface area (Å²) in [7, 11) is 0. The molecule has 3 nitrogen and oxygen atoms in total. The van der Waals surface area contributed by atoms with Crippen molar-refractivity contribution in [1.29, 1.82) is 0 Å². The molecule has 1 aromatic heterocycles. The number of aromatic carboxylic acids is 1. The molecule has 0 saturated carbocycles. The van der Waals surface area contributed by atoms with Gasteiger partial charge in [-0.3, -0.25) is 0 Å². The van der Waals surface area contributed by atoms with Crippen molar-refractivity contribution in [3.63, 3.8) is 0 Å². The summed E-state index contributed by atoms with van der Waals surface area (Å²) in [6.07, 6.45) is 0. The van der Waals surface area contributed by atoms with Crippen LogP contribution >= 0.6 is 15.9 Å². The first-order valence-corrected chi connectivity index (χ1v) is 6.06. The highest BCUT2D eigenvalue weighted by Gasteiger charge is 2.28. The lowest BCUT2D eigenvalue weighted by molar-refractivity contribution is 0.0661. The molecule has 0 spiro atoms. The van der Waals surface area contributed by atoms with Gasteiger partial charge in [0, 0.05) is 15.4 Å². The number of hydrogen-bond acceptors (Lipinski definition) is 2. The zero-order chi connectivity index (χ0) is 12.8. The van der Waals surface area contributed by atoms with E-state index in [0.29, 0.717) is 5.58 Å². The maximum Gasteiger partial charge on any atom is 0.372 e. The number of carboxylic acids is 1. The Balaban J connectivity index is 2.87. The molecule has 0 fully saturated rings. The molecule has 0 amide bonds. The molecule has 2 aromatic rings. The average molecular weight is 297 g/mol. The van der Waals surface area contributed by atoms with E-state index in [1.807, 2.05) is 32.9 Å². The second kappa shape index (κ2) is 3.88. The summed E-state index contributed by atoms with van der Waals surface area (Å²) in [5.74, 6) is -0.993. The fourth-order valence-corrected chi connectivity index (χ4v) is 2.33. The van der Waals surface area contributed by atoms with Crippen LogP contribution in [0, 0.1) is 0 Å². The molecule has 1 N–H and O–H groups in total. The maximum atomic E-state index is 11.2. The molecule has 0 bridgehead atoms. The van der Waals surface area contributed by atoms with Gasteiger partial charge in [-0.05, 0) is 23.6 Å². The second-order valence-electron chi connectivity index (χ2n) is 5.00. The van der Waals surface area contributed by atoms with Crippen LogP contribution in [0.4, 0.5) is 0 Å².